The van der Waals surface area contributed by atoms with Crippen molar-refractivity contribution in [2.45, 2.75) is 32.6 Å². The summed E-state index contributed by atoms with van der Waals surface area (Å²) < 4.78 is 6.44. The minimum absolute atomic E-state index is 0.162. The van der Waals surface area contributed by atoms with Gasteiger partial charge in [-0.25, -0.2) is 0 Å². The van der Waals surface area contributed by atoms with Gasteiger partial charge in [0.15, 0.2) is 0 Å². The Morgan fingerprint density at radius 2 is 2.00 bits per heavy atom. The molecule has 0 N–H and O–H groups in total. The van der Waals surface area contributed by atoms with Gasteiger partial charge in [0.25, 0.3) is 0 Å². The summed E-state index contributed by atoms with van der Waals surface area (Å²) in [6.07, 6.45) is 1.10. The van der Waals surface area contributed by atoms with Crippen LogP contribution in [0.15, 0.2) is 22.7 Å². The second-order valence-electron chi connectivity index (χ2n) is 4.06. The van der Waals surface area contributed by atoms with Crippen molar-refractivity contribution in [2.75, 3.05) is 7.11 Å². The molecular weight excluding hydrogens is 240 g/mol. The molecule has 14 heavy (non-hydrogen) atoms. The van der Waals surface area contributed by atoms with Crippen molar-refractivity contribution in [3.05, 3.63) is 28.2 Å². The summed E-state index contributed by atoms with van der Waals surface area (Å²) in [6, 6.07) is 6.19. The van der Waals surface area contributed by atoms with Crippen LogP contribution in [0.25, 0.3) is 0 Å². The van der Waals surface area contributed by atoms with Crippen molar-refractivity contribution in [2.24, 2.45) is 0 Å². The van der Waals surface area contributed by atoms with Gasteiger partial charge in [0, 0.05) is 5.56 Å². The van der Waals surface area contributed by atoms with Crippen LogP contribution in [0.4, 0.5) is 0 Å². The van der Waals surface area contributed by atoms with Crippen LogP contribution in [0.1, 0.15) is 32.8 Å². The third kappa shape index (κ3) is 2.11. The normalized spacial score (nSPS) is 11.5. The quantitative estimate of drug-likeness (QED) is 0.790. The highest BCUT2D eigenvalue weighted by atomic mass is 79.9. The van der Waals surface area contributed by atoms with E-state index in [1.165, 1.54) is 5.56 Å². The molecule has 1 nitrogen and oxygen atoms in total. The molecule has 0 bridgehead atoms. The zero-order valence-corrected chi connectivity index (χ0v) is 10.8. The van der Waals surface area contributed by atoms with E-state index < -0.39 is 0 Å². The monoisotopic (exact) mass is 256 g/mol. The van der Waals surface area contributed by atoms with Gasteiger partial charge in [-0.2, -0.15) is 0 Å². The topological polar surface area (TPSA) is 9.23 Å². The van der Waals surface area contributed by atoms with E-state index in [-0.39, 0.29) is 5.41 Å². The zero-order valence-electron chi connectivity index (χ0n) is 9.23. The molecule has 0 unspecified atom stereocenters. The molecule has 0 spiro atoms. The highest BCUT2D eigenvalue weighted by molar-refractivity contribution is 9.10. The van der Waals surface area contributed by atoms with Gasteiger partial charge in [0.1, 0.15) is 5.75 Å². The zero-order chi connectivity index (χ0) is 10.8. The molecule has 2 heteroatoms. The Labute approximate surface area is 94.6 Å². The summed E-state index contributed by atoms with van der Waals surface area (Å²) in [7, 11) is 1.72. The number of ether oxygens (including phenoxy) is 1. The van der Waals surface area contributed by atoms with E-state index in [9.17, 15) is 0 Å². The van der Waals surface area contributed by atoms with Crippen LogP contribution in [-0.4, -0.2) is 7.11 Å². The smallest absolute Gasteiger partial charge is 0.136 e. The molecule has 1 aromatic carbocycles. The summed E-state index contributed by atoms with van der Waals surface area (Å²) >= 11 is 3.50. The van der Waals surface area contributed by atoms with E-state index in [4.69, 9.17) is 4.74 Å². The van der Waals surface area contributed by atoms with E-state index in [2.05, 4.69) is 48.8 Å². The number of methoxy groups -OCH3 is 1. The van der Waals surface area contributed by atoms with Gasteiger partial charge >= 0.3 is 0 Å². The summed E-state index contributed by atoms with van der Waals surface area (Å²) in [5.41, 5.74) is 1.42. The molecule has 0 heterocycles. The number of rotatable bonds is 3. The Balaban J connectivity index is 3.27. The molecule has 78 valence electrons. The second kappa shape index (κ2) is 4.35. The van der Waals surface area contributed by atoms with E-state index in [0.29, 0.717) is 0 Å². The van der Waals surface area contributed by atoms with Crippen molar-refractivity contribution in [1.82, 2.24) is 0 Å². The maximum Gasteiger partial charge on any atom is 0.136 e. The average molecular weight is 257 g/mol. The van der Waals surface area contributed by atoms with Crippen molar-refractivity contribution in [3.8, 4) is 5.75 Å². The lowest BCUT2D eigenvalue weighted by Gasteiger charge is -2.26. The maximum absolute atomic E-state index is 5.42. The summed E-state index contributed by atoms with van der Waals surface area (Å²) in [4.78, 5) is 0. The van der Waals surface area contributed by atoms with Gasteiger partial charge in [-0.3, -0.25) is 0 Å². The first kappa shape index (κ1) is 11.6. The molecule has 0 radical (unpaired) electrons. The first-order valence-corrected chi connectivity index (χ1v) is 5.65. The fraction of sp³-hybridized carbons (Fsp3) is 0.500. The third-order valence-corrected chi connectivity index (χ3v) is 3.41. The lowest BCUT2D eigenvalue weighted by atomic mass is 9.82. The fourth-order valence-electron chi connectivity index (χ4n) is 1.44. The molecule has 0 aromatic heterocycles. The number of para-hydroxylation sites is 1. The van der Waals surface area contributed by atoms with Gasteiger partial charge in [-0.05, 0) is 33.8 Å². The largest absolute Gasteiger partial charge is 0.495 e. The minimum atomic E-state index is 0.162. The molecule has 0 saturated heterocycles. The third-order valence-electron chi connectivity index (χ3n) is 2.78. The summed E-state index contributed by atoms with van der Waals surface area (Å²) in [5.74, 6) is 0.958. The van der Waals surface area contributed by atoms with E-state index in [1.54, 1.807) is 7.11 Å². The molecule has 1 aromatic rings. The van der Waals surface area contributed by atoms with Crippen LogP contribution in [0.3, 0.4) is 0 Å². The van der Waals surface area contributed by atoms with Crippen LogP contribution in [0.5, 0.6) is 5.75 Å². The Morgan fingerprint density at radius 3 is 2.50 bits per heavy atom. The Hall–Kier alpha value is -0.500. The fourth-order valence-corrected chi connectivity index (χ4v) is 1.97. The summed E-state index contributed by atoms with van der Waals surface area (Å²) in [6.45, 7) is 6.66. The van der Waals surface area contributed by atoms with Gasteiger partial charge in [0.2, 0.25) is 0 Å². The first-order chi connectivity index (χ1) is 6.53. The Morgan fingerprint density at radius 1 is 1.36 bits per heavy atom. The average Bonchev–Trinajstić information content (AvgIpc) is 2.17. The molecule has 0 aliphatic rings. The highest BCUT2D eigenvalue weighted by Gasteiger charge is 2.23. The van der Waals surface area contributed by atoms with Crippen LogP contribution < -0.4 is 4.74 Å². The molecule has 0 fully saturated rings. The number of hydrogen-bond acceptors (Lipinski definition) is 1. The maximum atomic E-state index is 5.42. The minimum Gasteiger partial charge on any atom is -0.495 e. The highest BCUT2D eigenvalue weighted by Crippen LogP contribution is 2.38. The van der Waals surface area contributed by atoms with Crippen molar-refractivity contribution >= 4 is 15.9 Å². The van der Waals surface area contributed by atoms with Gasteiger partial charge in [-0.15, -0.1) is 0 Å². The number of benzene rings is 1. The molecule has 1 rings (SSSR count). The molecule has 0 saturated carbocycles. The lowest BCUT2D eigenvalue weighted by Crippen LogP contribution is -2.16. The molecule has 0 atom stereocenters. The van der Waals surface area contributed by atoms with Crippen molar-refractivity contribution in [1.29, 1.82) is 0 Å². The predicted molar refractivity (Wildman–Crippen MR) is 64.0 cm³/mol. The molecule has 0 amide bonds. The van der Waals surface area contributed by atoms with Crippen molar-refractivity contribution < 1.29 is 4.74 Å². The van der Waals surface area contributed by atoms with Gasteiger partial charge < -0.3 is 4.74 Å². The van der Waals surface area contributed by atoms with E-state index >= 15 is 0 Å². The number of hydrogen-bond donors (Lipinski definition) is 0. The van der Waals surface area contributed by atoms with Crippen LogP contribution >= 0.6 is 15.9 Å². The SMILES string of the molecule is CCC(C)(C)c1cccc(Br)c1OC. The van der Waals surface area contributed by atoms with E-state index in [0.717, 1.165) is 16.6 Å². The second-order valence-corrected chi connectivity index (χ2v) is 4.91. The van der Waals surface area contributed by atoms with Gasteiger partial charge in [0.05, 0.1) is 11.6 Å². The molecule has 0 aliphatic heterocycles. The Kier molecular flexibility index (Phi) is 3.59. The Bertz CT molecular complexity index is 318. The standard InChI is InChI=1S/C12H17BrO/c1-5-12(2,3)9-7-6-8-10(13)11(9)14-4/h6-8H,5H2,1-4H3. The first-order valence-electron chi connectivity index (χ1n) is 4.86. The van der Waals surface area contributed by atoms with Crippen LogP contribution in [0.2, 0.25) is 0 Å². The van der Waals surface area contributed by atoms with Crippen molar-refractivity contribution in [3.63, 3.8) is 0 Å². The molecule has 0 aliphatic carbocycles. The van der Waals surface area contributed by atoms with Gasteiger partial charge in [-0.1, -0.05) is 32.9 Å². The summed E-state index contributed by atoms with van der Waals surface area (Å²) in [5, 5.41) is 0. The predicted octanol–water partition coefficient (Wildman–Crippen LogP) is 4.15. The molecular formula is C12H17BrO. The van der Waals surface area contributed by atoms with Crippen LogP contribution in [-0.2, 0) is 5.41 Å². The van der Waals surface area contributed by atoms with E-state index in [1.807, 2.05) is 6.07 Å². The lowest BCUT2D eigenvalue weighted by molar-refractivity contribution is 0.387. The van der Waals surface area contributed by atoms with Crippen LogP contribution in [0, 0.1) is 0 Å². The number of halogens is 1.